The average Bonchev–Trinajstić information content (AvgIpc) is 2.91. The van der Waals surface area contributed by atoms with Crippen LogP contribution in [-0.2, 0) is 16.0 Å². The predicted molar refractivity (Wildman–Crippen MR) is 87.8 cm³/mol. The molecule has 1 aromatic carbocycles. The fraction of sp³-hybridized carbons (Fsp3) is 0.176. The zero-order valence-electron chi connectivity index (χ0n) is 13.4. The van der Waals surface area contributed by atoms with E-state index in [0.29, 0.717) is 17.0 Å². The minimum Gasteiger partial charge on any atom is -0.508 e. The molecule has 0 unspecified atom stereocenters. The van der Waals surface area contributed by atoms with Crippen LogP contribution in [0.25, 0.3) is 5.65 Å². The summed E-state index contributed by atoms with van der Waals surface area (Å²) in [7, 11) is 0. The van der Waals surface area contributed by atoms with Crippen molar-refractivity contribution >= 4 is 23.1 Å². The average molecular weight is 342 g/mol. The summed E-state index contributed by atoms with van der Waals surface area (Å²) in [5.41, 5.74) is 1.28. The van der Waals surface area contributed by atoms with Crippen molar-refractivity contribution in [1.82, 2.24) is 9.38 Å². The molecule has 8 heteroatoms. The van der Waals surface area contributed by atoms with Crippen LogP contribution in [0.3, 0.4) is 0 Å². The summed E-state index contributed by atoms with van der Waals surface area (Å²) in [5.74, 6) is -0.560. The van der Waals surface area contributed by atoms with Crippen molar-refractivity contribution in [2.75, 3.05) is 6.61 Å². The van der Waals surface area contributed by atoms with Crippen molar-refractivity contribution in [2.24, 2.45) is 10.2 Å². The van der Waals surface area contributed by atoms with E-state index < -0.39 is 11.8 Å². The van der Waals surface area contributed by atoms with Gasteiger partial charge in [0.05, 0.1) is 24.4 Å². The van der Waals surface area contributed by atoms with Crippen LogP contribution in [0.2, 0.25) is 0 Å². The SMILES string of the molecule is CCOC(=O)Cc1nc2ccc(F)cn2c1N=Nc1ccc(O)cc1. The van der Waals surface area contributed by atoms with Gasteiger partial charge in [-0.05, 0) is 43.3 Å². The molecule has 0 atom stereocenters. The number of fused-ring (bicyclic) bond motifs is 1. The van der Waals surface area contributed by atoms with Crippen LogP contribution >= 0.6 is 0 Å². The van der Waals surface area contributed by atoms with E-state index in [0.717, 1.165) is 0 Å². The van der Waals surface area contributed by atoms with Crippen LogP contribution in [0.1, 0.15) is 12.6 Å². The fourth-order valence-corrected chi connectivity index (χ4v) is 2.25. The smallest absolute Gasteiger partial charge is 0.312 e. The van der Waals surface area contributed by atoms with Crippen molar-refractivity contribution < 1.29 is 19.0 Å². The lowest BCUT2D eigenvalue weighted by molar-refractivity contribution is -0.142. The number of hydrogen-bond donors (Lipinski definition) is 1. The highest BCUT2D eigenvalue weighted by Crippen LogP contribution is 2.26. The van der Waals surface area contributed by atoms with Gasteiger partial charge in [0.1, 0.15) is 17.2 Å². The van der Waals surface area contributed by atoms with Gasteiger partial charge in [-0.3, -0.25) is 9.20 Å². The first-order valence-electron chi connectivity index (χ1n) is 7.59. The second kappa shape index (κ2) is 7.08. The number of esters is 1. The summed E-state index contributed by atoms with van der Waals surface area (Å²) in [6.07, 6.45) is 1.13. The first-order valence-corrected chi connectivity index (χ1v) is 7.59. The molecule has 0 amide bonds. The first kappa shape index (κ1) is 16.6. The van der Waals surface area contributed by atoms with E-state index in [1.54, 1.807) is 19.1 Å². The standard InChI is InChI=1S/C17H15FN4O3/c1-2-25-16(24)9-14-17(21-20-12-4-6-13(23)7-5-12)22-10-11(18)3-8-15(22)19-14/h3-8,10,23H,2,9H2,1H3. The highest BCUT2D eigenvalue weighted by atomic mass is 19.1. The molecule has 0 aliphatic heterocycles. The number of benzene rings is 1. The number of rotatable bonds is 5. The first-order chi connectivity index (χ1) is 12.1. The largest absolute Gasteiger partial charge is 0.508 e. The monoisotopic (exact) mass is 342 g/mol. The molecule has 3 aromatic rings. The van der Waals surface area contributed by atoms with Crippen LogP contribution < -0.4 is 0 Å². The lowest BCUT2D eigenvalue weighted by Crippen LogP contribution is -2.07. The summed E-state index contributed by atoms with van der Waals surface area (Å²) in [6, 6.07) is 8.87. The van der Waals surface area contributed by atoms with Gasteiger partial charge in [0, 0.05) is 6.20 Å². The molecule has 1 N–H and O–H groups in total. The Morgan fingerprint density at radius 3 is 2.72 bits per heavy atom. The van der Waals surface area contributed by atoms with Crippen molar-refractivity contribution in [3.63, 3.8) is 0 Å². The number of carbonyl (C=O) groups excluding carboxylic acids is 1. The van der Waals surface area contributed by atoms with Gasteiger partial charge in [-0.2, -0.15) is 0 Å². The molecule has 0 saturated heterocycles. The molecule has 7 nitrogen and oxygen atoms in total. The number of aromatic nitrogens is 2. The molecular formula is C17H15FN4O3. The highest BCUT2D eigenvalue weighted by molar-refractivity contribution is 5.74. The molecule has 25 heavy (non-hydrogen) atoms. The lowest BCUT2D eigenvalue weighted by atomic mass is 10.3. The molecule has 0 saturated carbocycles. The molecule has 0 aliphatic carbocycles. The summed E-state index contributed by atoms with van der Waals surface area (Å²) >= 11 is 0. The fourth-order valence-electron chi connectivity index (χ4n) is 2.25. The number of aromatic hydroxyl groups is 1. The van der Waals surface area contributed by atoms with E-state index in [1.165, 1.54) is 34.9 Å². The Kier molecular flexibility index (Phi) is 4.69. The highest BCUT2D eigenvalue weighted by Gasteiger charge is 2.16. The van der Waals surface area contributed by atoms with Gasteiger partial charge in [0.15, 0.2) is 5.82 Å². The van der Waals surface area contributed by atoms with Gasteiger partial charge in [-0.1, -0.05) is 0 Å². The van der Waals surface area contributed by atoms with E-state index >= 15 is 0 Å². The Bertz CT molecular complexity index is 935. The van der Waals surface area contributed by atoms with Crippen molar-refractivity contribution in [3.8, 4) is 5.75 Å². The number of hydrogen-bond acceptors (Lipinski definition) is 6. The molecule has 2 heterocycles. The molecular weight excluding hydrogens is 327 g/mol. The molecule has 0 aliphatic rings. The van der Waals surface area contributed by atoms with E-state index in [2.05, 4.69) is 15.2 Å². The number of pyridine rings is 1. The van der Waals surface area contributed by atoms with Gasteiger partial charge in [0.25, 0.3) is 0 Å². The maximum Gasteiger partial charge on any atom is 0.312 e. The third kappa shape index (κ3) is 3.79. The Balaban J connectivity index is 2.01. The van der Waals surface area contributed by atoms with Crippen molar-refractivity contribution in [1.29, 1.82) is 0 Å². The van der Waals surface area contributed by atoms with E-state index in [9.17, 15) is 14.3 Å². The molecule has 0 bridgehead atoms. The van der Waals surface area contributed by atoms with Gasteiger partial charge in [0.2, 0.25) is 0 Å². The third-order valence-electron chi connectivity index (χ3n) is 3.35. The number of ether oxygens (including phenoxy) is 1. The zero-order valence-corrected chi connectivity index (χ0v) is 13.4. The third-order valence-corrected chi connectivity index (χ3v) is 3.35. The molecule has 0 radical (unpaired) electrons. The number of azo groups is 1. The van der Waals surface area contributed by atoms with Crippen molar-refractivity contribution in [3.05, 3.63) is 54.1 Å². The number of imidazole rings is 1. The van der Waals surface area contributed by atoms with Crippen LogP contribution in [0.15, 0.2) is 52.8 Å². The minimum absolute atomic E-state index is 0.0962. The normalized spacial score (nSPS) is 11.3. The summed E-state index contributed by atoms with van der Waals surface area (Å²) < 4.78 is 19.9. The summed E-state index contributed by atoms with van der Waals surface area (Å²) in [5, 5.41) is 17.5. The number of carbonyl (C=O) groups is 1. The maximum atomic E-state index is 13.6. The molecule has 0 spiro atoms. The second-order valence-electron chi connectivity index (χ2n) is 5.16. The van der Waals surface area contributed by atoms with E-state index in [4.69, 9.17) is 4.74 Å². The number of halogens is 1. The van der Waals surface area contributed by atoms with E-state index in [1.807, 2.05) is 0 Å². The number of nitrogens with zero attached hydrogens (tertiary/aromatic N) is 4. The number of phenols is 1. The summed E-state index contributed by atoms with van der Waals surface area (Å²) in [4.78, 5) is 16.1. The van der Waals surface area contributed by atoms with Crippen LogP contribution in [-0.4, -0.2) is 27.1 Å². The lowest BCUT2D eigenvalue weighted by Gasteiger charge is -2.00. The van der Waals surface area contributed by atoms with Crippen LogP contribution in [0, 0.1) is 5.82 Å². The van der Waals surface area contributed by atoms with Gasteiger partial charge in [-0.15, -0.1) is 10.2 Å². The topological polar surface area (TPSA) is 88.5 Å². The maximum absolute atomic E-state index is 13.6. The van der Waals surface area contributed by atoms with Gasteiger partial charge < -0.3 is 9.84 Å². The molecule has 3 rings (SSSR count). The Morgan fingerprint density at radius 1 is 1.24 bits per heavy atom. The predicted octanol–water partition coefficient (Wildman–Crippen LogP) is 3.70. The van der Waals surface area contributed by atoms with E-state index in [-0.39, 0.29) is 24.6 Å². The number of phenolic OH excluding ortho intramolecular Hbond substituents is 1. The zero-order chi connectivity index (χ0) is 17.8. The van der Waals surface area contributed by atoms with Gasteiger partial charge in [-0.25, -0.2) is 9.37 Å². The van der Waals surface area contributed by atoms with Crippen LogP contribution in [0.4, 0.5) is 15.9 Å². The Hall–Kier alpha value is -3.29. The quantitative estimate of drug-likeness (QED) is 0.565. The van der Waals surface area contributed by atoms with Gasteiger partial charge >= 0.3 is 5.97 Å². The Morgan fingerprint density at radius 2 is 2.00 bits per heavy atom. The molecule has 128 valence electrons. The summed E-state index contributed by atoms with van der Waals surface area (Å²) in [6.45, 7) is 1.97. The van der Waals surface area contributed by atoms with Crippen LogP contribution in [0.5, 0.6) is 5.75 Å². The Labute approximate surface area is 142 Å². The molecule has 2 aromatic heterocycles. The van der Waals surface area contributed by atoms with Crippen molar-refractivity contribution in [2.45, 2.75) is 13.3 Å². The minimum atomic E-state index is -0.464. The molecule has 0 fully saturated rings. The second-order valence-corrected chi connectivity index (χ2v) is 5.16.